The molecule has 0 saturated heterocycles. The predicted octanol–water partition coefficient (Wildman–Crippen LogP) is 5.07. The van der Waals surface area contributed by atoms with E-state index in [-0.39, 0.29) is 24.8 Å². The van der Waals surface area contributed by atoms with Crippen LogP contribution in [0.4, 0.5) is 0 Å². The third-order valence-electron chi connectivity index (χ3n) is 4.98. The van der Waals surface area contributed by atoms with Gasteiger partial charge in [-0.2, -0.15) is 0 Å². The molecule has 0 bridgehead atoms. The van der Waals surface area contributed by atoms with Gasteiger partial charge in [-0.25, -0.2) is 0 Å². The van der Waals surface area contributed by atoms with Gasteiger partial charge in [0.1, 0.15) is 12.4 Å². The monoisotopic (exact) mass is 348 g/mol. The normalized spacial score (nSPS) is 17.7. The zero-order valence-electron chi connectivity index (χ0n) is 15.8. The Hall–Kier alpha value is -1.55. The van der Waals surface area contributed by atoms with E-state index in [1.165, 1.54) is 12.0 Å². The van der Waals surface area contributed by atoms with Gasteiger partial charge in [0, 0.05) is 0 Å². The summed E-state index contributed by atoms with van der Waals surface area (Å²) in [4.78, 5) is 11.9. The summed E-state index contributed by atoms with van der Waals surface area (Å²) in [6, 6.07) is 8.15. The van der Waals surface area contributed by atoms with Crippen molar-refractivity contribution in [3.05, 3.63) is 29.8 Å². The second-order valence-electron chi connectivity index (χ2n) is 6.94. The summed E-state index contributed by atoms with van der Waals surface area (Å²) in [5, 5.41) is 0. The molecule has 25 heavy (non-hydrogen) atoms. The van der Waals surface area contributed by atoms with E-state index in [1.807, 2.05) is 19.1 Å². The molecule has 1 aromatic rings. The van der Waals surface area contributed by atoms with Crippen LogP contribution in [0, 0.1) is 5.92 Å². The van der Waals surface area contributed by atoms with E-state index in [2.05, 4.69) is 26.0 Å². The first-order chi connectivity index (χ1) is 12.1. The van der Waals surface area contributed by atoms with Crippen LogP contribution in [0.1, 0.15) is 70.8 Å². The Labute approximate surface area is 151 Å². The van der Waals surface area contributed by atoms with E-state index in [0.29, 0.717) is 12.5 Å². The van der Waals surface area contributed by atoms with Crippen LogP contribution >= 0.6 is 0 Å². The summed E-state index contributed by atoms with van der Waals surface area (Å²) in [5.41, 5.74) is 1.32. The second-order valence-corrected chi connectivity index (χ2v) is 6.94. The number of rotatable bonds is 9. The average Bonchev–Trinajstić information content (AvgIpc) is 2.65. The summed E-state index contributed by atoms with van der Waals surface area (Å²) in [6.45, 7) is 6.90. The highest BCUT2D eigenvalue weighted by Gasteiger charge is 2.22. The molecule has 2 unspecified atom stereocenters. The highest BCUT2D eigenvalue weighted by molar-refractivity contribution is 5.72. The summed E-state index contributed by atoms with van der Waals surface area (Å²) in [7, 11) is 0. The SMILES string of the molecule is CCC(C)c1ccc(OC(C)OCCOC(=O)C2CCCCC2)cc1. The van der Waals surface area contributed by atoms with Gasteiger partial charge in [-0.05, 0) is 49.8 Å². The maximum atomic E-state index is 11.9. The molecular weight excluding hydrogens is 316 g/mol. The van der Waals surface area contributed by atoms with Gasteiger partial charge in [0.05, 0.1) is 12.5 Å². The molecule has 1 fully saturated rings. The molecule has 0 spiro atoms. The molecule has 4 nitrogen and oxygen atoms in total. The van der Waals surface area contributed by atoms with Crippen molar-refractivity contribution in [2.45, 2.75) is 71.5 Å². The molecule has 2 rings (SSSR count). The first-order valence-electron chi connectivity index (χ1n) is 9.65. The van der Waals surface area contributed by atoms with Crippen molar-refractivity contribution < 1.29 is 19.0 Å². The molecule has 0 amide bonds. The van der Waals surface area contributed by atoms with Gasteiger partial charge >= 0.3 is 5.97 Å². The number of esters is 1. The topological polar surface area (TPSA) is 44.8 Å². The number of hydrogen-bond donors (Lipinski definition) is 0. The van der Waals surface area contributed by atoms with Crippen molar-refractivity contribution >= 4 is 5.97 Å². The molecule has 2 atom stereocenters. The van der Waals surface area contributed by atoms with Crippen molar-refractivity contribution in [3.63, 3.8) is 0 Å². The van der Waals surface area contributed by atoms with Gasteiger partial charge < -0.3 is 14.2 Å². The lowest BCUT2D eigenvalue weighted by Gasteiger charge is -2.20. The number of benzene rings is 1. The fourth-order valence-corrected chi connectivity index (χ4v) is 3.15. The van der Waals surface area contributed by atoms with Gasteiger partial charge in [0.2, 0.25) is 0 Å². The Balaban J connectivity index is 1.63. The predicted molar refractivity (Wildman–Crippen MR) is 98.7 cm³/mol. The molecule has 0 N–H and O–H groups in total. The zero-order valence-corrected chi connectivity index (χ0v) is 15.8. The Bertz CT molecular complexity index is 505. The van der Waals surface area contributed by atoms with Crippen LogP contribution < -0.4 is 4.74 Å². The van der Waals surface area contributed by atoms with Crippen molar-refractivity contribution in [2.24, 2.45) is 5.92 Å². The molecular formula is C21H32O4. The van der Waals surface area contributed by atoms with Gasteiger partial charge in [0.25, 0.3) is 0 Å². The second kappa shape index (κ2) is 10.4. The standard InChI is InChI=1S/C21H32O4/c1-4-16(2)18-10-12-20(13-11-18)25-17(3)23-14-15-24-21(22)19-8-6-5-7-9-19/h10-13,16-17,19H,4-9,14-15H2,1-3H3. The third kappa shape index (κ3) is 6.69. The quantitative estimate of drug-likeness (QED) is 0.355. The van der Waals surface area contributed by atoms with Crippen molar-refractivity contribution in [3.8, 4) is 5.75 Å². The molecule has 0 aliphatic heterocycles. The van der Waals surface area contributed by atoms with Crippen LogP contribution in [0.3, 0.4) is 0 Å². The molecule has 1 aliphatic carbocycles. The summed E-state index contributed by atoms with van der Waals surface area (Å²) in [6.07, 6.45) is 6.19. The van der Waals surface area contributed by atoms with Crippen LogP contribution in [0.5, 0.6) is 5.75 Å². The van der Waals surface area contributed by atoms with Gasteiger partial charge in [-0.15, -0.1) is 0 Å². The third-order valence-corrected chi connectivity index (χ3v) is 4.98. The van der Waals surface area contributed by atoms with Crippen LogP contribution in [0.2, 0.25) is 0 Å². The fraction of sp³-hybridized carbons (Fsp3) is 0.667. The molecule has 1 aliphatic rings. The Kier molecular flexibility index (Phi) is 8.26. The van der Waals surface area contributed by atoms with E-state index in [9.17, 15) is 4.79 Å². The molecule has 0 heterocycles. The lowest BCUT2D eigenvalue weighted by atomic mass is 9.89. The minimum Gasteiger partial charge on any atom is -0.465 e. The lowest BCUT2D eigenvalue weighted by molar-refractivity contribution is -0.154. The zero-order chi connectivity index (χ0) is 18.1. The molecule has 140 valence electrons. The van der Waals surface area contributed by atoms with E-state index in [4.69, 9.17) is 14.2 Å². The first-order valence-corrected chi connectivity index (χ1v) is 9.65. The van der Waals surface area contributed by atoms with Gasteiger partial charge in [-0.1, -0.05) is 45.2 Å². The van der Waals surface area contributed by atoms with Gasteiger partial charge in [-0.3, -0.25) is 4.79 Å². The average molecular weight is 348 g/mol. The van der Waals surface area contributed by atoms with E-state index in [0.717, 1.165) is 37.9 Å². The Morgan fingerprint density at radius 1 is 1.08 bits per heavy atom. The first kappa shape index (κ1) is 19.8. The maximum Gasteiger partial charge on any atom is 0.309 e. The summed E-state index contributed by atoms with van der Waals surface area (Å²) >= 11 is 0. The van der Waals surface area contributed by atoms with Crippen LogP contribution in [0.15, 0.2) is 24.3 Å². The number of carbonyl (C=O) groups is 1. The maximum absolute atomic E-state index is 11.9. The van der Waals surface area contributed by atoms with E-state index >= 15 is 0 Å². The lowest BCUT2D eigenvalue weighted by Crippen LogP contribution is -2.24. The summed E-state index contributed by atoms with van der Waals surface area (Å²) < 4.78 is 16.6. The highest BCUT2D eigenvalue weighted by atomic mass is 16.7. The number of carbonyl (C=O) groups excluding carboxylic acids is 1. The van der Waals surface area contributed by atoms with E-state index < -0.39 is 0 Å². The smallest absolute Gasteiger partial charge is 0.309 e. The Morgan fingerprint density at radius 2 is 1.76 bits per heavy atom. The highest BCUT2D eigenvalue weighted by Crippen LogP contribution is 2.24. The minimum atomic E-state index is -0.372. The number of ether oxygens (including phenoxy) is 3. The molecule has 1 aromatic carbocycles. The molecule has 0 radical (unpaired) electrons. The fourth-order valence-electron chi connectivity index (χ4n) is 3.15. The van der Waals surface area contributed by atoms with Crippen LogP contribution in [-0.2, 0) is 14.3 Å². The Morgan fingerprint density at radius 3 is 2.40 bits per heavy atom. The molecule has 0 aromatic heterocycles. The van der Waals surface area contributed by atoms with E-state index in [1.54, 1.807) is 0 Å². The van der Waals surface area contributed by atoms with Crippen molar-refractivity contribution in [1.82, 2.24) is 0 Å². The van der Waals surface area contributed by atoms with Crippen molar-refractivity contribution in [2.75, 3.05) is 13.2 Å². The minimum absolute atomic E-state index is 0.0718. The van der Waals surface area contributed by atoms with Crippen LogP contribution in [-0.4, -0.2) is 25.5 Å². The largest absolute Gasteiger partial charge is 0.465 e. The number of hydrogen-bond acceptors (Lipinski definition) is 4. The van der Waals surface area contributed by atoms with Crippen LogP contribution in [0.25, 0.3) is 0 Å². The molecule has 4 heteroatoms. The summed E-state index contributed by atoms with van der Waals surface area (Å²) in [5.74, 6) is 1.37. The van der Waals surface area contributed by atoms with Gasteiger partial charge in [0.15, 0.2) is 6.29 Å². The van der Waals surface area contributed by atoms with Crippen molar-refractivity contribution in [1.29, 1.82) is 0 Å². The molecule has 1 saturated carbocycles.